The molecule has 7 heteroatoms. The molecule has 0 unspecified atom stereocenters. The SMILES string of the molecule is CONC1=CCC(C)(C)c2cc(C)c(-c3cc(C=C4SC(=O)NC4=O)ccc3N(C)C)cc21. The van der Waals surface area contributed by atoms with Crippen LogP contribution < -0.4 is 15.7 Å². The van der Waals surface area contributed by atoms with Gasteiger partial charge >= 0.3 is 0 Å². The number of allylic oxidation sites excluding steroid dienone is 1. The van der Waals surface area contributed by atoms with Crippen molar-refractivity contribution in [2.24, 2.45) is 0 Å². The first-order chi connectivity index (χ1) is 15.6. The van der Waals surface area contributed by atoms with Gasteiger partial charge in [0.25, 0.3) is 11.1 Å². The van der Waals surface area contributed by atoms with Gasteiger partial charge in [-0.05, 0) is 77.1 Å². The van der Waals surface area contributed by atoms with Gasteiger partial charge in [0.05, 0.1) is 17.7 Å². The minimum Gasteiger partial charge on any atom is -0.377 e. The van der Waals surface area contributed by atoms with Crippen LogP contribution in [0.15, 0.2) is 41.3 Å². The van der Waals surface area contributed by atoms with E-state index in [1.54, 1.807) is 13.2 Å². The first-order valence-electron chi connectivity index (χ1n) is 10.8. The number of nitrogens with one attached hydrogen (secondary N) is 2. The Morgan fingerprint density at radius 2 is 1.88 bits per heavy atom. The van der Waals surface area contributed by atoms with E-state index in [9.17, 15) is 9.59 Å². The number of rotatable bonds is 5. The van der Waals surface area contributed by atoms with Gasteiger partial charge in [-0.1, -0.05) is 32.1 Å². The number of carbonyl (C=O) groups is 2. The Bertz CT molecular complexity index is 1210. The van der Waals surface area contributed by atoms with E-state index in [1.165, 1.54) is 11.1 Å². The highest BCUT2D eigenvalue weighted by Crippen LogP contribution is 2.43. The normalized spacial score (nSPS) is 18.1. The summed E-state index contributed by atoms with van der Waals surface area (Å²) in [7, 11) is 5.66. The number of amides is 2. The number of anilines is 1. The molecule has 0 atom stereocenters. The van der Waals surface area contributed by atoms with Gasteiger partial charge in [-0.3, -0.25) is 25.2 Å². The number of fused-ring (bicyclic) bond motifs is 1. The van der Waals surface area contributed by atoms with Crippen LogP contribution in [-0.4, -0.2) is 32.4 Å². The van der Waals surface area contributed by atoms with Crippen LogP contribution in [-0.2, 0) is 15.0 Å². The van der Waals surface area contributed by atoms with Gasteiger partial charge in [0, 0.05) is 30.9 Å². The highest BCUT2D eigenvalue weighted by molar-refractivity contribution is 8.18. The van der Waals surface area contributed by atoms with Gasteiger partial charge in [-0.15, -0.1) is 0 Å². The molecule has 1 aliphatic carbocycles. The molecule has 1 saturated heterocycles. The molecule has 0 radical (unpaired) electrons. The Balaban J connectivity index is 1.89. The van der Waals surface area contributed by atoms with Crippen LogP contribution in [0.3, 0.4) is 0 Å². The monoisotopic (exact) mass is 463 g/mol. The van der Waals surface area contributed by atoms with E-state index in [4.69, 9.17) is 4.84 Å². The van der Waals surface area contributed by atoms with Crippen molar-refractivity contribution in [1.29, 1.82) is 0 Å². The number of hydroxylamine groups is 1. The van der Waals surface area contributed by atoms with Crippen LogP contribution in [0.1, 0.15) is 42.5 Å². The largest absolute Gasteiger partial charge is 0.377 e. The molecule has 1 heterocycles. The topological polar surface area (TPSA) is 70.7 Å². The number of imide groups is 1. The molecule has 1 fully saturated rings. The van der Waals surface area contributed by atoms with Crippen molar-refractivity contribution in [1.82, 2.24) is 10.8 Å². The van der Waals surface area contributed by atoms with Crippen LogP contribution in [0.4, 0.5) is 10.5 Å². The number of hydrogen-bond acceptors (Lipinski definition) is 6. The van der Waals surface area contributed by atoms with E-state index in [0.717, 1.165) is 51.8 Å². The fourth-order valence-corrected chi connectivity index (χ4v) is 5.07. The average molecular weight is 464 g/mol. The maximum atomic E-state index is 12.0. The Morgan fingerprint density at radius 3 is 2.52 bits per heavy atom. The van der Waals surface area contributed by atoms with Gasteiger partial charge < -0.3 is 4.90 Å². The van der Waals surface area contributed by atoms with E-state index < -0.39 is 0 Å². The molecule has 4 rings (SSSR count). The maximum absolute atomic E-state index is 12.0. The molecule has 2 N–H and O–H groups in total. The Labute approximate surface area is 199 Å². The van der Waals surface area contributed by atoms with E-state index in [2.05, 4.69) is 60.7 Å². The molecule has 6 nitrogen and oxygen atoms in total. The molecule has 172 valence electrons. The molecular weight excluding hydrogens is 434 g/mol. The summed E-state index contributed by atoms with van der Waals surface area (Å²) in [4.78, 5) is 31.3. The van der Waals surface area contributed by atoms with Crippen molar-refractivity contribution >= 4 is 40.4 Å². The predicted octanol–water partition coefficient (Wildman–Crippen LogP) is 5.23. The molecule has 2 aliphatic rings. The Hall–Kier alpha value is -3.03. The third-order valence-electron chi connectivity index (χ3n) is 6.14. The zero-order valence-corrected chi connectivity index (χ0v) is 20.6. The molecule has 2 aromatic carbocycles. The van der Waals surface area contributed by atoms with Gasteiger partial charge in [-0.25, -0.2) is 0 Å². The van der Waals surface area contributed by atoms with E-state index in [-0.39, 0.29) is 16.6 Å². The number of hydrogen-bond donors (Lipinski definition) is 2. The lowest BCUT2D eigenvalue weighted by atomic mass is 9.73. The first-order valence-corrected chi connectivity index (χ1v) is 11.6. The summed E-state index contributed by atoms with van der Waals surface area (Å²) >= 11 is 0.929. The number of aryl methyl sites for hydroxylation is 1. The zero-order valence-electron chi connectivity index (χ0n) is 19.8. The second-order valence-corrected chi connectivity index (χ2v) is 10.3. The summed E-state index contributed by atoms with van der Waals surface area (Å²) in [6.45, 7) is 6.65. The highest BCUT2D eigenvalue weighted by atomic mass is 32.2. The van der Waals surface area contributed by atoms with Crippen molar-refractivity contribution in [3.63, 3.8) is 0 Å². The van der Waals surface area contributed by atoms with Crippen LogP contribution in [0.5, 0.6) is 0 Å². The molecule has 1 aliphatic heterocycles. The van der Waals surface area contributed by atoms with Gasteiger partial charge in [-0.2, -0.15) is 0 Å². The minimum absolute atomic E-state index is 0.0216. The summed E-state index contributed by atoms with van der Waals surface area (Å²) in [5, 5.41) is 1.98. The third kappa shape index (κ3) is 4.43. The summed E-state index contributed by atoms with van der Waals surface area (Å²) < 4.78 is 0. The van der Waals surface area contributed by atoms with Gasteiger partial charge in [0.15, 0.2) is 0 Å². The molecule has 2 amide bonds. The molecule has 0 bridgehead atoms. The minimum atomic E-state index is -0.351. The molecule has 2 aromatic rings. The standard InChI is InChI=1S/C26H29N3O3S/c1-15-11-20-19(21(28-32-6)9-10-26(20,2)3)14-17(15)18-12-16(7-8-22(18)29(4)5)13-23-24(30)27-25(31)33-23/h7-9,11-14,28H,10H2,1-6H3,(H,27,30,31). The van der Waals surface area contributed by atoms with Crippen molar-refractivity contribution in [2.45, 2.75) is 32.6 Å². The van der Waals surface area contributed by atoms with E-state index >= 15 is 0 Å². The van der Waals surface area contributed by atoms with Crippen molar-refractivity contribution in [3.8, 4) is 11.1 Å². The number of nitrogens with zero attached hydrogens (tertiary/aromatic N) is 1. The van der Waals surface area contributed by atoms with E-state index in [0.29, 0.717) is 4.91 Å². The van der Waals surface area contributed by atoms with Gasteiger partial charge in [0.1, 0.15) is 0 Å². The smallest absolute Gasteiger partial charge is 0.290 e. The summed E-state index contributed by atoms with van der Waals surface area (Å²) in [5.74, 6) is -0.351. The maximum Gasteiger partial charge on any atom is 0.290 e. The third-order valence-corrected chi connectivity index (χ3v) is 6.96. The molecule has 0 spiro atoms. The van der Waals surface area contributed by atoms with Crippen LogP contribution in [0.2, 0.25) is 0 Å². The average Bonchev–Trinajstić information content (AvgIpc) is 3.06. The Morgan fingerprint density at radius 1 is 1.12 bits per heavy atom. The lowest BCUT2D eigenvalue weighted by Crippen LogP contribution is -2.25. The highest BCUT2D eigenvalue weighted by Gasteiger charge is 2.30. The second kappa shape index (κ2) is 8.72. The fraction of sp³-hybridized carbons (Fsp3) is 0.308. The van der Waals surface area contributed by atoms with Gasteiger partial charge in [0.2, 0.25) is 0 Å². The summed E-state index contributed by atoms with van der Waals surface area (Å²) in [6, 6.07) is 10.6. The zero-order chi connectivity index (χ0) is 23.9. The first kappa shape index (κ1) is 23.1. The Kier molecular flexibility index (Phi) is 6.12. The number of carbonyl (C=O) groups excluding carboxylic acids is 2. The molecular formula is C26H29N3O3S. The predicted molar refractivity (Wildman–Crippen MR) is 136 cm³/mol. The van der Waals surface area contributed by atoms with Crippen molar-refractivity contribution in [2.75, 3.05) is 26.1 Å². The quantitative estimate of drug-likeness (QED) is 0.468. The molecule has 33 heavy (non-hydrogen) atoms. The molecule has 0 aromatic heterocycles. The summed E-state index contributed by atoms with van der Waals surface area (Å²) in [6.07, 6.45) is 4.88. The number of benzene rings is 2. The second-order valence-electron chi connectivity index (χ2n) is 9.25. The molecule has 0 saturated carbocycles. The van der Waals surface area contributed by atoms with Crippen LogP contribution in [0, 0.1) is 6.92 Å². The van der Waals surface area contributed by atoms with Crippen molar-refractivity contribution in [3.05, 3.63) is 63.6 Å². The number of thioether (sulfide) groups is 1. The van der Waals surface area contributed by atoms with Crippen LogP contribution >= 0.6 is 11.8 Å². The van der Waals surface area contributed by atoms with Crippen molar-refractivity contribution < 1.29 is 14.4 Å². The van der Waals surface area contributed by atoms with E-state index in [1.807, 2.05) is 26.2 Å². The van der Waals surface area contributed by atoms with Crippen LogP contribution in [0.25, 0.3) is 22.9 Å². The lowest BCUT2D eigenvalue weighted by molar-refractivity contribution is -0.115. The fourth-order valence-electron chi connectivity index (χ4n) is 4.39. The summed E-state index contributed by atoms with van der Waals surface area (Å²) in [5.41, 5.74) is 11.7. The lowest BCUT2D eigenvalue weighted by Gasteiger charge is -2.33.